The lowest BCUT2D eigenvalue weighted by Crippen LogP contribution is -2.36. The van der Waals surface area contributed by atoms with Gasteiger partial charge in [0.05, 0.1) is 0 Å². The third-order valence-corrected chi connectivity index (χ3v) is 4.29. The lowest BCUT2D eigenvalue weighted by Gasteiger charge is -2.23. The number of hydrogen-bond acceptors (Lipinski definition) is 3. The highest BCUT2D eigenvalue weighted by molar-refractivity contribution is 5.94. The monoisotopic (exact) mass is 359 g/mol. The highest BCUT2D eigenvalue weighted by Gasteiger charge is 2.33. The zero-order chi connectivity index (χ0) is 18.7. The minimum absolute atomic E-state index is 0.0474. The molecule has 0 aromatic heterocycles. The third-order valence-electron chi connectivity index (χ3n) is 4.29. The van der Waals surface area contributed by atoms with E-state index in [2.05, 4.69) is 0 Å². The summed E-state index contributed by atoms with van der Waals surface area (Å²) < 4.78 is 32.4. The fraction of sp³-hybridized carbons (Fsp3) is 0.300. The Morgan fingerprint density at radius 1 is 1.12 bits per heavy atom. The molecule has 0 bridgehead atoms. The second kappa shape index (κ2) is 7.64. The first-order valence-corrected chi connectivity index (χ1v) is 8.41. The average molecular weight is 359 g/mol. The standard InChI is InChI=1S/C20H19F2NO3/c1-13(24)14-3-8-18(9-4-14)26-12-20(25)23(17-6-7-17)11-15-2-5-16(21)10-19(15)22/h2-5,8-10,17H,6-7,11-12H2,1H3. The van der Waals surface area contributed by atoms with Crippen molar-refractivity contribution in [2.75, 3.05) is 6.61 Å². The van der Waals surface area contributed by atoms with E-state index in [0.717, 1.165) is 18.9 Å². The number of carbonyl (C=O) groups excluding carboxylic acids is 2. The van der Waals surface area contributed by atoms with Gasteiger partial charge in [-0.2, -0.15) is 0 Å². The summed E-state index contributed by atoms with van der Waals surface area (Å²) >= 11 is 0. The van der Waals surface area contributed by atoms with Crippen LogP contribution in [0.15, 0.2) is 42.5 Å². The molecule has 4 nitrogen and oxygen atoms in total. The average Bonchev–Trinajstić information content (AvgIpc) is 3.44. The van der Waals surface area contributed by atoms with Crippen LogP contribution in [0, 0.1) is 11.6 Å². The number of nitrogens with zero attached hydrogens (tertiary/aromatic N) is 1. The number of carbonyl (C=O) groups is 2. The van der Waals surface area contributed by atoms with Crippen LogP contribution in [0.2, 0.25) is 0 Å². The number of benzene rings is 2. The van der Waals surface area contributed by atoms with Crippen LogP contribution in [0.3, 0.4) is 0 Å². The van der Waals surface area contributed by atoms with Gasteiger partial charge in [0.2, 0.25) is 0 Å². The van der Waals surface area contributed by atoms with Gasteiger partial charge in [0.1, 0.15) is 17.4 Å². The van der Waals surface area contributed by atoms with Gasteiger partial charge in [-0.05, 0) is 50.1 Å². The van der Waals surface area contributed by atoms with Gasteiger partial charge in [0, 0.05) is 29.8 Å². The van der Waals surface area contributed by atoms with E-state index in [-0.39, 0.29) is 36.4 Å². The van der Waals surface area contributed by atoms with Crippen LogP contribution in [0.25, 0.3) is 0 Å². The maximum absolute atomic E-state index is 13.9. The Morgan fingerprint density at radius 2 is 1.81 bits per heavy atom. The van der Waals surface area contributed by atoms with Crippen molar-refractivity contribution in [3.05, 3.63) is 65.2 Å². The summed E-state index contributed by atoms with van der Waals surface area (Å²) in [5.74, 6) is -1.13. The molecule has 0 N–H and O–H groups in total. The number of rotatable bonds is 7. The molecule has 0 spiro atoms. The van der Waals surface area contributed by atoms with Crippen molar-refractivity contribution in [1.82, 2.24) is 4.90 Å². The molecule has 0 radical (unpaired) electrons. The molecule has 0 unspecified atom stereocenters. The van der Waals surface area contributed by atoms with Crippen LogP contribution in [0.5, 0.6) is 5.75 Å². The number of Topliss-reactive ketones (excluding diaryl/α,β-unsaturated/α-hetero) is 1. The molecule has 3 rings (SSSR count). The van der Waals surface area contributed by atoms with E-state index in [1.165, 1.54) is 19.1 Å². The van der Waals surface area contributed by atoms with E-state index in [1.807, 2.05) is 0 Å². The highest BCUT2D eigenvalue weighted by atomic mass is 19.1. The smallest absolute Gasteiger partial charge is 0.261 e. The van der Waals surface area contributed by atoms with Crippen molar-refractivity contribution >= 4 is 11.7 Å². The summed E-state index contributed by atoms with van der Waals surface area (Å²) in [5, 5.41) is 0. The van der Waals surface area contributed by atoms with Gasteiger partial charge in [-0.15, -0.1) is 0 Å². The Balaban J connectivity index is 1.63. The third kappa shape index (κ3) is 4.45. The molecule has 1 fully saturated rings. The molecule has 2 aromatic rings. The minimum atomic E-state index is -0.663. The van der Waals surface area contributed by atoms with Crippen LogP contribution in [-0.2, 0) is 11.3 Å². The Labute approximate surface area is 150 Å². The van der Waals surface area contributed by atoms with Gasteiger partial charge in [-0.3, -0.25) is 9.59 Å². The second-order valence-electron chi connectivity index (χ2n) is 6.36. The molecular weight excluding hydrogens is 340 g/mol. The van der Waals surface area contributed by atoms with Gasteiger partial charge in [-0.25, -0.2) is 8.78 Å². The molecule has 1 aliphatic rings. The molecular formula is C20H19F2NO3. The van der Waals surface area contributed by atoms with Crippen LogP contribution in [-0.4, -0.2) is 29.2 Å². The van der Waals surface area contributed by atoms with Gasteiger partial charge < -0.3 is 9.64 Å². The van der Waals surface area contributed by atoms with Gasteiger partial charge in [-0.1, -0.05) is 6.07 Å². The molecule has 0 saturated heterocycles. The normalized spacial score (nSPS) is 13.3. The van der Waals surface area contributed by atoms with Crippen LogP contribution in [0.4, 0.5) is 8.78 Å². The zero-order valence-corrected chi connectivity index (χ0v) is 14.4. The predicted molar refractivity (Wildman–Crippen MR) is 91.9 cm³/mol. The fourth-order valence-corrected chi connectivity index (χ4v) is 2.65. The molecule has 1 aliphatic carbocycles. The number of amides is 1. The van der Waals surface area contributed by atoms with Gasteiger partial charge in [0.25, 0.3) is 5.91 Å². The van der Waals surface area contributed by atoms with E-state index >= 15 is 0 Å². The summed E-state index contributed by atoms with van der Waals surface area (Å²) in [7, 11) is 0. The fourth-order valence-electron chi connectivity index (χ4n) is 2.65. The molecule has 136 valence electrons. The van der Waals surface area contributed by atoms with E-state index in [1.54, 1.807) is 29.2 Å². The Bertz CT molecular complexity index is 816. The summed E-state index contributed by atoms with van der Waals surface area (Å²) in [5.41, 5.74) is 0.840. The van der Waals surface area contributed by atoms with Crippen LogP contribution >= 0.6 is 0 Å². The molecule has 2 aromatic carbocycles. The molecule has 0 atom stereocenters. The van der Waals surface area contributed by atoms with Gasteiger partial charge >= 0.3 is 0 Å². The van der Waals surface area contributed by atoms with Crippen LogP contribution < -0.4 is 4.74 Å². The van der Waals surface area contributed by atoms with E-state index in [4.69, 9.17) is 4.74 Å². The lowest BCUT2D eigenvalue weighted by molar-refractivity contribution is -0.134. The molecule has 26 heavy (non-hydrogen) atoms. The first kappa shape index (κ1) is 18.0. The lowest BCUT2D eigenvalue weighted by atomic mass is 10.1. The zero-order valence-electron chi connectivity index (χ0n) is 14.4. The molecule has 6 heteroatoms. The number of ether oxygens (including phenoxy) is 1. The summed E-state index contributed by atoms with van der Waals surface area (Å²) in [6, 6.07) is 9.95. The van der Waals surface area contributed by atoms with E-state index < -0.39 is 11.6 Å². The summed E-state index contributed by atoms with van der Waals surface area (Å²) in [4.78, 5) is 25.3. The molecule has 0 heterocycles. The maximum atomic E-state index is 13.9. The van der Waals surface area contributed by atoms with Crippen molar-refractivity contribution in [3.8, 4) is 5.75 Å². The highest BCUT2D eigenvalue weighted by Crippen LogP contribution is 2.29. The van der Waals surface area contributed by atoms with Crippen molar-refractivity contribution < 1.29 is 23.1 Å². The van der Waals surface area contributed by atoms with Crippen molar-refractivity contribution in [1.29, 1.82) is 0 Å². The quantitative estimate of drug-likeness (QED) is 0.708. The topological polar surface area (TPSA) is 46.6 Å². The van der Waals surface area contributed by atoms with E-state index in [0.29, 0.717) is 11.3 Å². The SMILES string of the molecule is CC(=O)c1ccc(OCC(=O)N(Cc2ccc(F)cc2F)C2CC2)cc1. The maximum Gasteiger partial charge on any atom is 0.261 e. The number of halogens is 2. The molecule has 0 aliphatic heterocycles. The number of ketones is 1. The summed E-state index contributed by atoms with van der Waals surface area (Å²) in [6.45, 7) is 1.38. The van der Waals surface area contributed by atoms with Crippen LogP contribution in [0.1, 0.15) is 35.7 Å². The molecule has 1 saturated carbocycles. The Kier molecular flexibility index (Phi) is 5.30. The predicted octanol–water partition coefficient (Wildman–Crippen LogP) is 3.74. The second-order valence-corrected chi connectivity index (χ2v) is 6.36. The minimum Gasteiger partial charge on any atom is -0.484 e. The summed E-state index contributed by atoms with van der Waals surface area (Å²) in [6.07, 6.45) is 1.73. The first-order valence-electron chi connectivity index (χ1n) is 8.41. The molecule has 1 amide bonds. The van der Waals surface area contributed by atoms with Crippen molar-refractivity contribution in [3.63, 3.8) is 0 Å². The largest absolute Gasteiger partial charge is 0.484 e. The number of hydrogen-bond donors (Lipinski definition) is 0. The van der Waals surface area contributed by atoms with Crippen molar-refractivity contribution in [2.45, 2.75) is 32.4 Å². The van der Waals surface area contributed by atoms with Crippen molar-refractivity contribution in [2.24, 2.45) is 0 Å². The van der Waals surface area contributed by atoms with E-state index in [9.17, 15) is 18.4 Å². The Hall–Kier alpha value is -2.76. The van der Waals surface area contributed by atoms with Gasteiger partial charge in [0.15, 0.2) is 12.4 Å². The first-order chi connectivity index (χ1) is 12.4. The Morgan fingerprint density at radius 3 is 2.38 bits per heavy atom.